The molecule has 3 heteroatoms. The van der Waals surface area contributed by atoms with E-state index in [0.717, 1.165) is 0 Å². The highest BCUT2D eigenvalue weighted by atomic mass is 32.2. The Morgan fingerprint density at radius 1 is 1.67 bits per heavy atom. The molecule has 0 saturated carbocycles. The van der Waals surface area contributed by atoms with Crippen LogP contribution >= 0.6 is 11.8 Å². The number of hydrogen-bond donors (Lipinski definition) is 0. The minimum Gasteiger partial charge on any atom is -0.227 e. The van der Waals surface area contributed by atoms with E-state index in [4.69, 9.17) is 0 Å². The maximum Gasteiger partial charge on any atom is 0.226 e. The maximum absolute atomic E-state index is 12.5. The van der Waals surface area contributed by atoms with E-state index >= 15 is 0 Å². The van der Waals surface area contributed by atoms with Gasteiger partial charge in [-0.25, -0.2) is 4.98 Å². The summed E-state index contributed by atoms with van der Waals surface area (Å²) in [6.07, 6.45) is 3.26. The van der Waals surface area contributed by atoms with Crippen LogP contribution in [0.5, 0.6) is 0 Å². The van der Waals surface area contributed by atoms with Gasteiger partial charge in [0.25, 0.3) is 0 Å². The molecule has 1 nitrogen and oxygen atoms in total. The molecule has 48 valence electrons. The van der Waals surface area contributed by atoms with Crippen molar-refractivity contribution in [2.24, 2.45) is 0 Å². The third-order valence-electron chi connectivity index (χ3n) is 0.945. The van der Waals surface area contributed by atoms with Crippen molar-refractivity contribution in [3.05, 3.63) is 24.3 Å². The summed E-state index contributed by atoms with van der Waals surface area (Å²) in [4.78, 5) is 4.06. The van der Waals surface area contributed by atoms with Crippen molar-refractivity contribution in [2.75, 3.05) is 6.26 Å². The van der Waals surface area contributed by atoms with E-state index in [2.05, 4.69) is 4.98 Å². The minimum absolute atomic E-state index is 0.384. The molecule has 0 amide bonds. The molecule has 1 heterocycles. The SMILES string of the molecule is CSc1cccnc1F. The van der Waals surface area contributed by atoms with Gasteiger partial charge < -0.3 is 0 Å². The molecule has 9 heavy (non-hydrogen) atoms. The van der Waals surface area contributed by atoms with Crippen LogP contribution in [0.15, 0.2) is 23.2 Å². The molecule has 0 spiro atoms. The Morgan fingerprint density at radius 3 is 2.89 bits per heavy atom. The van der Waals surface area contributed by atoms with E-state index in [9.17, 15) is 4.39 Å². The van der Waals surface area contributed by atoms with Gasteiger partial charge in [0.1, 0.15) is 0 Å². The van der Waals surface area contributed by atoms with E-state index < -0.39 is 0 Å². The van der Waals surface area contributed by atoms with Crippen molar-refractivity contribution >= 4 is 11.8 Å². The summed E-state index contributed by atoms with van der Waals surface area (Å²) in [6.45, 7) is 0. The largest absolute Gasteiger partial charge is 0.227 e. The lowest BCUT2D eigenvalue weighted by atomic mass is 10.5. The van der Waals surface area contributed by atoms with E-state index in [0.29, 0.717) is 4.90 Å². The van der Waals surface area contributed by atoms with Crippen LogP contribution in [0.2, 0.25) is 0 Å². The Bertz CT molecular complexity index is 202. The third kappa shape index (κ3) is 1.42. The van der Waals surface area contributed by atoms with Crippen molar-refractivity contribution < 1.29 is 4.39 Å². The van der Waals surface area contributed by atoms with Crippen LogP contribution in [-0.2, 0) is 0 Å². The molecule has 0 radical (unpaired) electrons. The fourth-order valence-corrected chi connectivity index (χ4v) is 0.959. The molecular weight excluding hydrogens is 137 g/mol. The zero-order chi connectivity index (χ0) is 6.69. The highest BCUT2D eigenvalue weighted by Crippen LogP contribution is 2.15. The van der Waals surface area contributed by atoms with Gasteiger partial charge in [-0.3, -0.25) is 0 Å². The molecule has 0 atom stereocenters. The van der Waals surface area contributed by atoms with Gasteiger partial charge >= 0.3 is 0 Å². The molecule has 1 aromatic rings. The van der Waals surface area contributed by atoms with Crippen LogP contribution in [0.25, 0.3) is 0 Å². The smallest absolute Gasteiger partial charge is 0.226 e. The normalized spacial score (nSPS) is 9.56. The number of hydrogen-bond acceptors (Lipinski definition) is 2. The van der Waals surface area contributed by atoms with Crippen molar-refractivity contribution in [2.45, 2.75) is 4.90 Å². The van der Waals surface area contributed by atoms with Crippen molar-refractivity contribution in [3.8, 4) is 0 Å². The molecule has 0 saturated heterocycles. The lowest BCUT2D eigenvalue weighted by Crippen LogP contribution is -1.82. The summed E-state index contributed by atoms with van der Waals surface area (Å²) in [6, 6.07) is 3.42. The van der Waals surface area contributed by atoms with Gasteiger partial charge in [0.15, 0.2) is 0 Å². The van der Waals surface area contributed by atoms with Gasteiger partial charge in [0.05, 0.1) is 4.90 Å². The van der Waals surface area contributed by atoms with Gasteiger partial charge in [-0.15, -0.1) is 11.8 Å². The Balaban J connectivity index is 3.01. The fraction of sp³-hybridized carbons (Fsp3) is 0.167. The van der Waals surface area contributed by atoms with E-state index in [1.807, 2.05) is 6.26 Å². The Kier molecular flexibility index (Phi) is 2.05. The number of halogens is 1. The average Bonchev–Trinajstić information content (AvgIpc) is 1.89. The highest BCUT2D eigenvalue weighted by Gasteiger charge is 1.96. The number of nitrogens with zero attached hydrogens (tertiary/aromatic N) is 1. The molecule has 0 aliphatic heterocycles. The lowest BCUT2D eigenvalue weighted by Gasteiger charge is -1.93. The second-order valence-electron chi connectivity index (χ2n) is 1.50. The van der Waals surface area contributed by atoms with Crippen molar-refractivity contribution in [1.82, 2.24) is 4.98 Å². The molecular formula is C6H6FNS. The first kappa shape index (κ1) is 6.55. The van der Waals surface area contributed by atoms with Crippen LogP contribution in [0.1, 0.15) is 0 Å². The Hall–Kier alpha value is -0.570. The molecule has 1 rings (SSSR count). The van der Waals surface area contributed by atoms with Crippen molar-refractivity contribution in [1.29, 1.82) is 0 Å². The zero-order valence-electron chi connectivity index (χ0n) is 4.97. The molecule has 0 N–H and O–H groups in total. The molecule has 0 unspecified atom stereocenters. The number of rotatable bonds is 1. The summed E-state index contributed by atoms with van der Waals surface area (Å²) in [5.41, 5.74) is 0. The van der Waals surface area contributed by atoms with Gasteiger partial charge in [-0.05, 0) is 18.4 Å². The number of thioether (sulfide) groups is 1. The molecule has 0 aliphatic rings. The minimum atomic E-state index is -0.384. The van der Waals surface area contributed by atoms with Crippen LogP contribution in [0, 0.1) is 5.95 Å². The molecule has 0 fully saturated rings. The van der Waals surface area contributed by atoms with Gasteiger partial charge in [0.2, 0.25) is 5.95 Å². The first-order valence-electron chi connectivity index (χ1n) is 2.49. The number of pyridine rings is 1. The summed E-state index contributed by atoms with van der Waals surface area (Å²) in [5.74, 6) is -0.384. The second kappa shape index (κ2) is 2.82. The van der Waals surface area contributed by atoms with E-state index in [1.165, 1.54) is 18.0 Å². The third-order valence-corrected chi connectivity index (χ3v) is 1.69. The summed E-state index contributed by atoms with van der Waals surface area (Å²) in [5, 5.41) is 0. The molecule has 1 aromatic heterocycles. The van der Waals surface area contributed by atoms with E-state index in [1.54, 1.807) is 12.1 Å². The van der Waals surface area contributed by atoms with Crippen LogP contribution in [0.4, 0.5) is 4.39 Å². The Labute approximate surface area is 57.3 Å². The second-order valence-corrected chi connectivity index (χ2v) is 2.34. The molecule has 0 bridgehead atoms. The fourth-order valence-electron chi connectivity index (χ4n) is 0.524. The first-order valence-corrected chi connectivity index (χ1v) is 3.71. The van der Waals surface area contributed by atoms with Crippen LogP contribution < -0.4 is 0 Å². The summed E-state index contributed by atoms with van der Waals surface area (Å²) in [7, 11) is 0. The van der Waals surface area contributed by atoms with Gasteiger partial charge in [0, 0.05) is 6.20 Å². The standard InChI is InChI=1S/C6H6FNS/c1-9-5-3-2-4-8-6(5)7/h2-4H,1H3. The molecule has 0 aromatic carbocycles. The van der Waals surface area contributed by atoms with Gasteiger partial charge in [-0.2, -0.15) is 4.39 Å². The topological polar surface area (TPSA) is 12.9 Å². The zero-order valence-corrected chi connectivity index (χ0v) is 5.78. The van der Waals surface area contributed by atoms with Gasteiger partial charge in [-0.1, -0.05) is 0 Å². The van der Waals surface area contributed by atoms with Crippen LogP contribution in [-0.4, -0.2) is 11.2 Å². The van der Waals surface area contributed by atoms with E-state index in [-0.39, 0.29) is 5.95 Å². The van der Waals surface area contributed by atoms with Crippen molar-refractivity contribution in [3.63, 3.8) is 0 Å². The predicted octanol–water partition coefficient (Wildman–Crippen LogP) is 1.94. The highest BCUT2D eigenvalue weighted by molar-refractivity contribution is 7.98. The van der Waals surface area contributed by atoms with Crippen LogP contribution in [0.3, 0.4) is 0 Å². The Morgan fingerprint density at radius 2 is 2.44 bits per heavy atom. The quantitative estimate of drug-likeness (QED) is 0.440. The first-order chi connectivity index (χ1) is 4.34. The maximum atomic E-state index is 12.5. The lowest BCUT2D eigenvalue weighted by molar-refractivity contribution is 0.557. The summed E-state index contributed by atoms with van der Waals surface area (Å²) < 4.78 is 12.5. The number of aromatic nitrogens is 1. The summed E-state index contributed by atoms with van der Waals surface area (Å²) >= 11 is 1.36. The average molecular weight is 143 g/mol. The monoisotopic (exact) mass is 143 g/mol. The predicted molar refractivity (Wildman–Crippen MR) is 36.0 cm³/mol. The molecule has 0 aliphatic carbocycles.